The van der Waals surface area contributed by atoms with Gasteiger partial charge in [0.25, 0.3) is 0 Å². The van der Waals surface area contributed by atoms with Crippen LogP contribution in [0, 0.1) is 0 Å². The lowest BCUT2D eigenvalue weighted by atomic mass is 9.79. The molecular formula is C35H48N4O4. The molecule has 0 bridgehead atoms. The van der Waals surface area contributed by atoms with Gasteiger partial charge in [-0.05, 0) is 84.2 Å². The van der Waals surface area contributed by atoms with Crippen LogP contribution in [0.2, 0.25) is 0 Å². The number of piperidine rings is 1. The molecule has 8 nitrogen and oxygen atoms in total. The largest absolute Gasteiger partial charge is 0.497 e. The fourth-order valence-corrected chi connectivity index (χ4v) is 6.07. The van der Waals surface area contributed by atoms with E-state index in [-0.39, 0.29) is 17.9 Å². The van der Waals surface area contributed by atoms with Crippen LogP contribution >= 0.6 is 0 Å². The monoisotopic (exact) mass is 588 g/mol. The number of nitrogens with zero attached hydrogens (tertiary/aromatic N) is 1. The van der Waals surface area contributed by atoms with Crippen molar-refractivity contribution >= 4 is 23.1 Å². The van der Waals surface area contributed by atoms with Gasteiger partial charge in [-0.2, -0.15) is 0 Å². The first-order valence-electron chi connectivity index (χ1n) is 15.3. The van der Waals surface area contributed by atoms with Gasteiger partial charge in [0.1, 0.15) is 18.1 Å². The van der Waals surface area contributed by atoms with E-state index in [2.05, 4.69) is 61.4 Å². The molecule has 4 N–H and O–H groups in total. The van der Waals surface area contributed by atoms with E-state index in [0.717, 1.165) is 65.4 Å². The van der Waals surface area contributed by atoms with E-state index in [9.17, 15) is 4.79 Å². The van der Waals surface area contributed by atoms with Gasteiger partial charge < -0.3 is 35.5 Å². The van der Waals surface area contributed by atoms with Gasteiger partial charge in [0.15, 0.2) is 0 Å². The second kappa shape index (κ2) is 14.5. The number of urea groups is 1. The van der Waals surface area contributed by atoms with Crippen molar-refractivity contribution in [3.8, 4) is 11.5 Å². The first kappa shape index (κ1) is 32.0. The van der Waals surface area contributed by atoms with Gasteiger partial charge in [-0.15, -0.1) is 0 Å². The zero-order chi connectivity index (χ0) is 31.0. The van der Waals surface area contributed by atoms with E-state index in [4.69, 9.17) is 19.9 Å². The Morgan fingerprint density at radius 3 is 2.35 bits per heavy atom. The molecule has 3 aromatic carbocycles. The highest BCUT2D eigenvalue weighted by molar-refractivity contribution is 5.92. The maximum atomic E-state index is 13.7. The van der Waals surface area contributed by atoms with Crippen LogP contribution in [0.15, 0.2) is 60.7 Å². The van der Waals surface area contributed by atoms with Crippen molar-refractivity contribution in [1.29, 1.82) is 0 Å². The predicted molar refractivity (Wildman–Crippen MR) is 176 cm³/mol. The lowest BCUT2D eigenvalue weighted by Gasteiger charge is -2.49. The number of nitrogens with one attached hydrogen (secondary N) is 2. The zero-order valence-electron chi connectivity index (χ0n) is 26.5. The number of benzene rings is 3. The highest BCUT2D eigenvalue weighted by atomic mass is 16.5. The van der Waals surface area contributed by atoms with Crippen LogP contribution < -0.4 is 30.7 Å². The number of anilines is 3. The molecule has 0 radical (unpaired) electrons. The minimum absolute atomic E-state index is 0.197. The molecule has 3 aromatic rings. The third-order valence-corrected chi connectivity index (χ3v) is 8.29. The number of ether oxygens (including phenoxy) is 3. The summed E-state index contributed by atoms with van der Waals surface area (Å²) in [5.41, 5.74) is 11.4. The third-order valence-electron chi connectivity index (χ3n) is 8.29. The summed E-state index contributed by atoms with van der Waals surface area (Å²) >= 11 is 0. The van der Waals surface area contributed by atoms with Crippen LogP contribution in [-0.2, 0) is 10.3 Å². The highest BCUT2D eigenvalue weighted by Crippen LogP contribution is 2.44. The van der Waals surface area contributed by atoms with E-state index in [0.29, 0.717) is 25.4 Å². The minimum atomic E-state index is -0.534. The summed E-state index contributed by atoms with van der Waals surface area (Å²) in [6.45, 7) is 10.6. The van der Waals surface area contributed by atoms with Crippen molar-refractivity contribution in [3.05, 3.63) is 77.4 Å². The Bertz CT molecular complexity index is 1350. The number of nitrogen functional groups attached to an aromatic ring is 1. The summed E-state index contributed by atoms with van der Waals surface area (Å²) in [4.78, 5) is 16.1. The molecule has 1 aliphatic rings. The Kier molecular flexibility index (Phi) is 10.8. The zero-order valence-corrected chi connectivity index (χ0v) is 26.5. The molecule has 0 aliphatic carbocycles. The van der Waals surface area contributed by atoms with E-state index < -0.39 is 5.54 Å². The third kappa shape index (κ3) is 7.36. The molecule has 0 saturated carbocycles. The Labute approximate surface area is 256 Å². The Morgan fingerprint density at radius 2 is 1.67 bits per heavy atom. The molecule has 2 amide bonds. The maximum Gasteiger partial charge on any atom is 0.319 e. The summed E-state index contributed by atoms with van der Waals surface area (Å²) < 4.78 is 17.1. The Hall–Kier alpha value is -3.91. The standard InChI is InChI=1S/C35H48N4O4/c1-24(2)29-21-27(36)22-30(25(3)4)33(29)38-34(40)37-23-35(26-12-11-13-28(20-26)42-6)16-9-10-17-39(35)31-14-7-8-15-32(31)43-19-18-41-5/h7-8,11-15,20-22,24-25H,9-10,16-19,23,36H2,1-6H3,(H2,37,38,40). The van der Waals surface area contributed by atoms with Gasteiger partial charge in [-0.1, -0.05) is 52.0 Å². The molecule has 232 valence electrons. The number of methoxy groups -OCH3 is 2. The van der Waals surface area contributed by atoms with Gasteiger partial charge in [0.2, 0.25) is 0 Å². The van der Waals surface area contributed by atoms with Gasteiger partial charge in [-0.25, -0.2) is 4.79 Å². The summed E-state index contributed by atoms with van der Waals surface area (Å²) in [5, 5.41) is 6.48. The first-order valence-corrected chi connectivity index (χ1v) is 15.3. The number of hydrogen-bond donors (Lipinski definition) is 3. The summed E-state index contributed by atoms with van der Waals surface area (Å²) in [5.74, 6) is 1.97. The molecule has 4 rings (SSSR count). The quantitative estimate of drug-likeness (QED) is 0.152. The first-order chi connectivity index (χ1) is 20.7. The van der Waals surface area contributed by atoms with Crippen molar-refractivity contribution in [1.82, 2.24) is 5.32 Å². The summed E-state index contributed by atoms with van der Waals surface area (Å²) in [6.07, 6.45) is 2.91. The van der Waals surface area contributed by atoms with E-state index in [1.807, 2.05) is 42.5 Å². The van der Waals surface area contributed by atoms with Crippen LogP contribution in [0.25, 0.3) is 0 Å². The van der Waals surface area contributed by atoms with Crippen LogP contribution in [0.4, 0.5) is 21.9 Å². The van der Waals surface area contributed by atoms with Crippen LogP contribution in [0.3, 0.4) is 0 Å². The number of nitrogens with two attached hydrogens (primary N) is 1. The maximum absolute atomic E-state index is 13.7. The van der Waals surface area contributed by atoms with E-state index in [1.54, 1.807) is 14.2 Å². The molecule has 43 heavy (non-hydrogen) atoms. The molecule has 0 aromatic heterocycles. The highest BCUT2D eigenvalue weighted by Gasteiger charge is 2.42. The predicted octanol–water partition coefficient (Wildman–Crippen LogP) is 7.26. The number of carbonyl (C=O) groups excluding carboxylic acids is 1. The van der Waals surface area contributed by atoms with E-state index in [1.165, 1.54) is 0 Å². The van der Waals surface area contributed by atoms with Crippen molar-refractivity contribution in [3.63, 3.8) is 0 Å². The molecule has 0 spiro atoms. The topological polar surface area (TPSA) is 98.1 Å². The van der Waals surface area contributed by atoms with Crippen molar-refractivity contribution in [2.75, 3.05) is 56.5 Å². The summed E-state index contributed by atoms with van der Waals surface area (Å²) in [7, 11) is 3.35. The molecular weight excluding hydrogens is 540 g/mol. The molecule has 1 fully saturated rings. The van der Waals surface area contributed by atoms with Crippen LogP contribution in [-0.4, -0.2) is 46.6 Å². The van der Waals surface area contributed by atoms with Gasteiger partial charge >= 0.3 is 6.03 Å². The Morgan fingerprint density at radius 1 is 0.953 bits per heavy atom. The summed E-state index contributed by atoms with van der Waals surface area (Å²) in [6, 6.07) is 20.0. The average molecular weight is 589 g/mol. The van der Waals surface area contributed by atoms with Crippen molar-refractivity contribution in [2.45, 2.75) is 64.3 Å². The second-order valence-corrected chi connectivity index (χ2v) is 11.9. The SMILES string of the molecule is COCCOc1ccccc1N1CCCCC1(CNC(=O)Nc1c(C(C)C)cc(N)cc1C(C)C)c1cccc(OC)c1. The minimum Gasteiger partial charge on any atom is -0.497 e. The number of rotatable bonds is 12. The number of carbonyl (C=O) groups is 1. The molecule has 1 heterocycles. The number of hydrogen-bond acceptors (Lipinski definition) is 6. The fraction of sp³-hybridized carbons (Fsp3) is 0.457. The lowest BCUT2D eigenvalue weighted by Crippen LogP contribution is -2.56. The fourth-order valence-electron chi connectivity index (χ4n) is 6.07. The molecule has 1 atom stereocenters. The number of amides is 2. The average Bonchev–Trinajstić information content (AvgIpc) is 3.01. The molecule has 1 saturated heterocycles. The molecule has 1 unspecified atom stereocenters. The second-order valence-electron chi connectivity index (χ2n) is 11.9. The normalized spacial score (nSPS) is 16.8. The van der Waals surface area contributed by atoms with Crippen molar-refractivity contribution in [2.24, 2.45) is 0 Å². The van der Waals surface area contributed by atoms with Crippen LogP contribution in [0.5, 0.6) is 11.5 Å². The van der Waals surface area contributed by atoms with E-state index >= 15 is 0 Å². The van der Waals surface area contributed by atoms with Gasteiger partial charge in [0, 0.05) is 31.6 Å². The van der Waals surface area contributed by atoms with Gasteiger partial charge in [-0.3, -0.25) is 0 Å². The van der Waals surface area contributed by atoms with Gasteiger partial charge in [0.05, 0.1) is 24.9 Å². The smallest absolute Gasteiger partial charge is 0.319 e. The van der Waals surface area contributed by atoms with Crippen molar-refractivity contribution < 1.29 is 19.0 Å². The lowest BCUT2D eigenvalue weighted by molar-refractivity contribution is 0.146. The molecule has 8 heteroatoms. The van der Waals surface area contributed by atoms with Crippen LogP contribution in [0.1, 0.15) is 75.5 Å². The number of para-hydroxylation sites is 2. The molecule has 1 aliphatic heterocycles. The Balaban J connectivity index is 1.72.